The number of aliphatic hydroxyl groups is 2. The summed E-state index contributed by atoms with van der Waals surface area (Å²) in [6, 6.07) is 0. The highest BCUT2D eigenvalue weighted by Crippen LogP contribution is 2.13. The first-order chi connectivity index (χ1) is 4.61. The standard InChI is InChI=1S/C6H10O4/c1-3-4(7)2-5(8)6(9)10-3/h3,5-6,8-9H,2H2,1H3/t3-,5-,6+/m0/s1. The van der Waals surface area contributed by atoms with Crippen LogP contribution in [0.15, 0.2) is 0 Å². The number of carbonyl (C=O) groups is 1. The van der Waals surface area contributed by atoms with Crippen LogP contribution in [0, 0.1) is 0 Å². The van der Waals surface area contributed by atoms with Crippen molar-refractivity contribution in [3.8, 4) is 0 Å². The van der Waals surface area contributed by atoms with Crippen molar-refractivity contribution in [2.45, 2.75) is 31.8 Å². The second kappa shape index (κ2) is 2.65. The number of ether oxygens (including phenoxy) is 1. The molecule has 0 aliphatic carbocycles. The molecule has 4 nitrogen and oxygen atoms in total. The van der Waals surface area contributed by atoms with Crippen molar-refractivity contribution in [2.75, 3.05) is 0 Å². The smallest absolute Gasteiger partial charge is 0.182 e. The zero-order valence-electron chi connectivity index (χ0n) is 5.65. The Labute approximate surface area is 58.4 Å². The largest absolute Gasteiger partial charge is 0.387 e. The number of hydrogen-bond acceptors (Lipinski definition) is 4. The van der Waals surface area contributed by atoms with Crippen LogP contribution in [0.3, 0.4) is 0 Å². The van der Waals surface area contributed by atoms with E-state index in [9.17, 15) is 4.79 Å². The first-order valence-electron chi connectivity index (χ1n) is 3.15. The minimum absolute atomic E-state index is 0.0116. The molecule has 10 heavy (non-hydrogen) atoms. The summed E-state index contributed by atoms with van der Waals surface area (Å²) >= 11 is 0. The number of Topliss-reactive ketones (excluding diaryl/α,β-unsaturated/α-hetero) is 1. The maximum atomic E-state index is 10.8. The van der Waals surface area contributed by atoms with E-state index in [2.05, 4.69) is 4.74 Å². The Balaban J connectivity index is 2.54. The van der Waals surface area contributed by atoms with Crippen molar-refractivity contribution in [3.63, 3.8) is 0 Å². The molecular weight excluding hydrogens is 136 g/mol. The van der Waals surface area contributed by atoms with Crippen LogP contribution in [-0.2, 0) is 9.53 Å². The molecule has 0 amide bonds. The van der Waals surface area contributed by atoms with Crippen LogP contribution in [-0.4, -0.2) is 34.5 Å². The molecule has 3 atom stereocenters. The topological polar surface area (TPSA) is 66.8 Å². The zero-order valence-corrected chi connectivity index (χ0v) is 5.65. The van der Waals surface area contributed by atoms with Crippen molar-refractivity contribution in [3.05, 3.63) is 0 Å². The molecule has 0 aromatic carbocycles. The van der Waals surface area contributed by atoms with Crippen LogP contribution in [0.1, 0.15) is 13.3 Å². The van der Waals surface area contributed by atoms with Gasteiger partial charge in [-0.1, -0.05) is 0 Å². The third-order valence-electron chi connectivity index (χ3n) is 1.54. The molecule has 0 saturated carbocycles. The molecule has 1 aliphatic rings. The number of ketones is 1. The highest BCUT2D eigenvalue weighted by Gasteiger charge is 2.31. The summed E-state index contributed by atoms with van der Waals surface area (Å²) in [5.41, 5.74) is 0. The van der Waals surface area contributed by atoms with Crippen molar-refractivity contribution in [2.24, 2.45) is 0 Å². The molecule has 0 bridgehead atoms. The summed E-state index contributed by atoms with van der Waals surface area (Å²) < 4.78 is 4.67. The van der Waals surface area contributed by atoms with Gasteiger partial charge < -0.3 is 14.9 Å². The average molecular weight is 146 g/mol. The van der Waals surface area contributed by atoms with Gasteiger partial charge in [0.1, 0.15) is 12.2 Å². The summed E-state index contributed by atoms with van der Waals surface area (Å²) in [5.74, 6) is -0.169. The van der Waals surface area contributed by atoms with Gasteiger partial charge in [-0.2, -0.15) is 0 Å². The molecular formula is C6H10O4. The third-order valence-corrected chi connectivity index (χ3v) is 1.54. The van der Waals surface area contributed by atoms with Gasteiger partial charge in [-0.05, 0) is 6.92 Å². The summed E-state index contributed by atoms with van der Waals surface area (Å²) in [6.45, 7) is 1.55. The molecule has 1 fully saturated rings. The fourth-order valence-corrected chi connectivity index (χ4v) is 0.849. The van der Waals surface area contributed by atoms with Crippen molar-refractivity contribution < 1.29 is 19.7 Å². The normalized spacial score (nSPS) is 41.9. The van der Waals surface area contributed by atoms with Gasteiger partial charge in [0.25, 0.3) is 0 Å². The van der Waals surface area contributed by atoms with Gasteiger partial charge in [0, 0.05) is 6.42 Å². The van der Waals surface area contributed by atoms with Crippen LogP contribution < -0.4 is 0 Å². The molecule has 0 spiro atoms. The fourth-order valence-electron chi connectivity index (χ4n) is 0.849. The zero-order chi connectivity index (χ0) is 7.72. The minimum atomic E-state index is -1.20. The number of hydrogen-bond donors (Lipinski definition) is 2. The van der Waals surface area contributed by atoms with E-state index in [0.29, 0.717) is 0 Å². The molecule has 1 rings (SSSR count). The highest BCUT2D eigenvalue weighted by molar-refractivity contribution is 5.83. The fraction of sp³-hybridized carbons (Fsp3) is 0.833. The second-order valence-electron chi connectivity index (χ2n) is 2.41. The minimum Gasteiger partial charge on any atom is -0.387 e. The molecule has 0 aromatic rings. The molecule has 0 aromatic heterocycles. The average Bonchev–Trinajstić information content (AvgIpc) is 1.84. The van der Waals surface area contributed by atoms with Gasteiger partial charge in [0.2, 0.25) is 0 Å². The summed E-state index contributed by atoms with van der Waals surface area (Å²) in [4.78, 5) is 10.8. The molecule has 1 heterocycles. The summed E-state index contributed by atoms with van der Waals surface area (Å²) in [6.07, 6.45) is -2.85. The number of rotatable bonds is 0. The van der Waals surface area contributed by atoms with E-state index in [4.69, 9.17) is 10.2 Å². The first kappa shape index (κ1) is 7.65. The van der Waals surface area contributed by atoms with Gasteiger partial charge in [-0.3, -0.25) is 4.79 Å². The molecule has 1 saturated heterocycles. The SMILES string of the molecule is C[C@@H]1O[C@@H](O)[C@@H](O)CC1=O. The van der Waals surface area contributed by atoms with Gasteiger partial charge in [0.05, 0.1) is 0 Å². The lowest BCUT2D eigenvalue weighted by Gasteiger charge is -2.26. The first-order valence-corrected chi connectivity index (χ1v) is 3.15. The monoisotopic (exact) mass is 146 g/mol. The molecule has 0 unspecified atom stereocenters. The van der Waals surface area contributed by atoms with E-state index >= 15 is 0 Å². The summed E-state index contributed by atoms with van der Waals surface area (Å²) in [5, 5.41) is 17.7. The predicted octanol–water partition coefficient (Wildman–Crippen LogP) is -0.956. The van der Waals surface area contributed by atoms with Crippen LogP contribution in [0.5, 0.6) is 0 Å². The lowest BCUT2D eigenvalue weighted by Crippen LogP contribution is -2.43. The van der Waals surface area contributed by atoms with Crippen molar-refractivity contribution in [1.29, 1.82) is 0 Å². The van der Waals surface area contributed by atoms with Crippen LogP contribution in [0.2, 0.25) is 0 Å². The van der Waals surface area contributed by atoms with E-state index < -0.39 is 18.5 Å². The lowest BCUT2D eigenvalue weighted by atomic mass is 10.1. The molecule has 1 aliphatic heterocycles. The lowest BCUT2D eigenvalue weighted by molar-refractivity contribution is -0.208. The van der Waals surface area contributed by atoms with Gasteiger partial charge in [0.15, 0.2) is 12.1 Å². The van der Waals surface area contributed by atoms with E-state index in [1.165, 1.54) is 0 Å². The Kier molecular flexibility index (Phi) is 2.03. The van der Waals surface area contributed by atoms with Crippen LogP contribution >= 0.6 is 0 Å². The Morgan fingerprint density at radius 1 is 1.60 bits per heavy atom. The van der Waals surface area contributed by atoms with Gasteiger partial charge in [-0.25, -0.2) is 0 Å². The van der Waals surface area contributed by atoms with Crippen LogP contribution in [0.25, 0.3) is 0 Å². The number of aliphatic hydroxyl groups excluding tert-OH is 2. The molecule has 2 N–H and O–H groups in total. The van der Waals surface area contributed by atoms with E-state index in [0.717, 1.165) is 0 Å². The Hall–Kier alpha value is -0.450. The second-order valence-corrected chi connectivity index (χ2v) is 2.41. The van der Waals surface area contributed by atoms with E-state index in [1.807, 2.05) is 0 Å². The predicted molar refractivity (Wildman–Crippen MR) is 32.2 cm³/mol. The molecule has 58 valence electrons. The maximum Gasteiger partial charge on any atom is 0.182 e. The van der Waals surface area contributed by atoms with Crippen LogP contribution in [0.4, 0.5) is 0 Å². The Bertz CT molecular complexity index is 145. The Morgan fingerprint density at radius 3 is 2.70 bits per heavy atom. The summed E-state index contributed by atoms with van der Waals surface area (Å²) in [7, 11) is 0. The van der Waals surface area contributed by atoms with Gasteiger partial charge >= 0.3 is 0 Å². The van der Waals surface area contributed by atoms with Crippen molar-refractivity contribution >= 4 is 5.78 Å². The molecule has 4 heteroatoms. The van der Waals surface area contributed by atoms with E-state index in [1.54, 1.807) is 6.92 Å². The van der Waals surface area contributed by atoms with E-state index in [-0.39, 0.29) is 12.2 Å². The maximum absolute atomic E-state index is 10.8. The van der Waals surface area contributed by atoms with Crippen molar-refractivity contribution in [1.82, 2.24) is 0 Å². The van der Waals surface area contributed by atoms with Gasteiger partial charge in [-0.15, -0.1) is 0 Å². The highest BCUT2D eigenvalue weighted by atomic mass is 16.6. The molecule has 0 radical (unpaired) electrons. The Morgan fingerprint density at radius 2 is 2.20 bits per heavy atom. The quantitative estimate of drug-likeness (QED) is 0.462. The third kappa shape index (κ3) is 1.34. The number of carbonyl (C=O) groups excluding carboxylic acids is 1.